The number of carbonyl (C=O) groups is 3. The van der Waals surface area contributed by atoms with Gasteiger partial charge in [-0.2, -0.15) is 0 Å². The van der Waals surface area contributed by atoms with Gasteiger partial charge in [0.15, 0.2) is 0 Å². The molecule has 114 valence electrons. The molecule has 1 atom stereocenters. The number of ether oxygens (including phenoxy) is 1. The van der Waals surface area contributed by atoms with Crippen molar-refractivity contribution in [1.29, 1.82) is 0 Å². The fourth-order valence-electron chi connectivity index (χ4n) is 1.37. The number of esters is 1. The molecule has 8 heteroatoms. The van der Waals surface area contributed by atoms with Crippen molar-refractivity contribution in [1.82, 2.24) is 5.32 Å². The van der Waals surface area contributed by atoms with E-state index >= 15 is 0 Å². The van der Waals surface area contributed by atoms with Crippen LogP contribution in [0.15, 0.2) is 24.3 Å². The molecular weight excluding hydrogens is 316 g/mol. The Balaban J connectivity index is 2.39. The van der Waals surface area contributed by atoms with E-state index in [1.807, 2.05) is 0 Å². The van der Waals surface area contributed by atoms with Gasteiger partial charge in [0.2, 0.25) is 5.91 Å². The zero-order valence-electron chi connectivity index (χ0n) is 11.3. The number of thioether (sulfide) groups is 1. The summed E-state index contributed by atoms with van der Waals surface area (Å²) in [6.07, 6.45) is 0. The number of imide groups is 1. The number of rotatable bonds is 6. The summed E-state index contributed by atoms with van der Waals surface area (Å²) in [5.74, 6) is -1.37. The van der Waals surface area contributed by atoms with Crippen molar-refractivity contribution in [2.75, 3.05) is 18.6 Å². The number of halogens is 1. The van der Waals surface area contributed by atoms with Crippen molar-refractivity contribution in [3.63, 3.8) is 0 Å². The minimum absolute atomic E-state index is 0.000880. The Morgan fingerprint density at radius 2 is 2.05 bits per heavy atom. The smallest absolute Gasteiger partial charge is 0.323 e. The Bertz CT molecular complexity index is 539. The molecular formula is C13H15ClN2O4S. The summed E-state index contributed by atoms with van der Waals surface area (Å²) in [5, 5.41) is 2.48. The van der Waals surface area contributed by atoms with Crippen LogP contribution >= 0.6 is 23.4 Å². The summed E-state index contributed by atoms with van der Waals surface area (Å²) in [7, 11) is 1.24. The van der Waals surface area contributed by atoms with Gasteiger partial charge in [0, 0.05) is 5.75 Å². The van der Waals surface area contributed by atoms with Crippen molar-refractivity contribution < 1.29 is 19.1 Å². The number of amides is 2. The van der Waals surface area contributed by atoms with E-state index in [-0.39, 0.29) is 22.1 Å². The molecule has 0 fully saturated rings. The van der Waals surface area contributed by atoms with E-state index in [4.69, 9.17) is 17.3 Å². The van der Waals surface area contributed by atoms with Crippen LogP contribution in [-0.4, -0.2) is 42.4 Å². The van der Waals surface area contributed by atoms with Crippen molar-refractivity contribution in [2.45, 2.75) is 6.04 Å². The second-order valence-electron chi connectivity index (χ2n) is 4.00. The first kappa shape index (κ1) is 17.5. The second kappa shape index (κ2) is 8.66. The lowest BCUT2D eigenvalue weighted by atomic mass is 10.2. The molecule has 1 aromatic carbocycles. The average Bonchev–Trinajstić information content (AvgIpc) is 2.46. The minimum atomic E-state index is -0.799. The molecule has 0 saturated heterocycles. The summed E-state index contributed by atoms with van der Waals surface area (Å²) in [4.78, 5) is 34.5. The van der Waals surface area contributed by atoms with Crippen molar-refractivity contribution >= 4 is 41.1 Å². The number of hydrogen-bond acceptors (Lipinski definition) is 6. The fourth-order valence-corrected chi connectivity index (χ4v) is 2.36. The maximum Gasteiger partial charge on any atom is 0.323 e. The molecule has 0 aliphatic heterocycles. The Morgan fingerprint density at radius 3 is 2.67 bits per heavy atom. The highest BCUT2D eigenvalue weighted by atomic mass is 35.5. The largest absolute Gasteiger partial charge is 0.468 e. The van der Waals surface area contributed by atoms with Crippen LogP contribution in [-0.2, 0) is 14.3 Å². The van der Waals surface area contributed by atoms with Crippen molar-refractivity contribution in [3.05, 3.63) is 34.9 Å². The van der Waals surface area contributed by atoms with Crippen LogP contribution < -0.4 is 11.1 Å². The topological polar surface area (TPSA) is 98.5 Å². The minimum Gasteiger partial charge on any atom is -0.468 e. The normalized spacial score (nSPS) is 11.6. The highest BCUT2D eigenvalue weighted by Gasteiger charge is 2.16. The Hall–Kier alpha value is -1.57. The molecule has 0 aliphatic carbocycles. The van der Waals surface area contributed by atoms with Gasteiger partial charge in [-0.15, -0.1) is 11.8 Å². The molecule has 0 aromatic heterocycles. The quantitative estimate of drug-likeness (QED) is 0.750. The predicted molar refractivity (Wildman–Crippen MR) is 81.2 cm³/mol. The van der Waals surface area contributed by atoms with Gasteiger partial charge in [0.25, 0.3) is 5.91 Å². The van der Waals surface area contributed by atoms with Gasteiger partial charge >= 0.3 is 5.97 Å². The van der Waals surface area contributed by atoms with E-state index in [9.17, 15) is 14.4 Å². The molecule has 0 spiro atoms. The van der Waals surface area contributed by atoms with Gasteiger partial charge in [-0.05, 0) is 12.1 Å². The molecule has 0 saturated carbocycles. The van der Waals surface area contributed by atoms with E-state index in [0.717, 1.165) is 11.8 Å². The maximum atomic E-state index is 11.8. The molecule has 1 unspecified atom stereocenters. The van der Waals surface area contributed by atoms with Gasteiger partial charge in [-0.3, -0.25) is 19.7 Å². The Kier molecular flexibility index (Phi) is 7.21. The number of methoxy groups -OCH3 is 1. The lowest BCUT2D eigenvalue weighted by molar-refractivity contribution is -0.141. The third-order valence-corrected chi connectivity index (χ3v) is 3.80. The van der Waals surface area contributed by atoms with Gasteiger partial charge in [-0.25, -0.2) is 0 Å². The van der Waals surface area contributed by atoms with Crippen LogP contribution in [0.3, 0.4) is 0 Å². The summed E-state index contributed by atoms with van der Waals surface area (Å²) in [6, 6.07) is 5.61. The van der Waals surface area contributed by atoms with Gasteiger partial charge in [-0.1, -0.05) is 23.7 Å². The van der Waals surface area contributed by atoms with E-state index < -0.39 is 23.8 Å². The summed E-state index contributed by atoms with van der Waals surface area (Å²) in [5.41, 5.74) is 5.74. The molecule has 0 bridgehead atoms. The second-order valence-corrected chi connectivity index (χ2v) is 5.44. The number of hydrogen-bond donors (Lipinski definition) is 2. The average molecular weight is 331 g/mol. The fraction of sp³-hybridized carbons (Fsp3) is 0.308. The number of carbonyl (C=O) groups excluding carboxylic acids is 3. The van der Waals surface area contributed by atoms with E-state index in [0.29, 0.717) is 0 Å². The lowest BCUT2D eigenvalue weighted by Gasteiger charge is -2.09. The standard InChI is InChI=1S/C13H15ClN2O4S/c1-20-13(19)10(15)6-21-7-11(17)16-12(18)8-4-2-3-5-9(8)14/h2-5,10H,6-7,15H2,1H3,(H,16,17,18). The van der Waals surface area contributed by atoms with Gasteiger partial charge < -0.3 is 10.5 Å². The van der Waals surface area contributed by atoms with Crippen LogP contribution in [0.25, 0.3) is 0 Å². The van der Waals surface area contributed by atoms with Gasteiger partial charge in [0.05, 0.1) is 23.4 Å². The zero-order chi connectivity index (χ0) is 15.8. The van der Waals surface area contributed by atoms with Crippen LogP contribution in [0, 0.1) is 0 Å². The SMILES string of the molecule is COC(=O)C(N)CSCC(=O)NC(=O)c1ccccc1Cl. The molecule has 2 amide bonds. The maximum absolute atomic E-state index is 11.8. The molecule has 0 aliphatic rings. The Morgan fingerprint density at radius 1 is 1.38 bits per heavy atom. The van der Waals surface area contributed by atoms with E-state index in [1.54, 1.807) is 18.2 Å². The number of benzene rings is 1. The molecule has 21 heavy (non-hydrogen) atoms. The van der Waals surface area contributed by atoms with Crippen LogP contribution in [0.1, 0.15) is 10.4 Å². The summed E-state index contributed by atoms with van der Waals surface area (Å²) in [6.45, 7) is 0. The highest BCUT2D eigenvalue weighted by molar-refractivity contribution is 8.00. The highest BCUT2D eigenvalue weighted by Crippen LogP contribution is 2.14. The monoisotopic (exact) mass is 330 g/mol. The molecule has 6 nitrogen and oxygen atoms in total. The first-order chi connectivity index (χ1) is 9.95. The first-order valence-corrected chi connectivity index (χ1v) is 7.48. The van der Waals surface area contributed by atoms with Crippen molar-refractivity contribution in [3.8, 4) is 0 Å². The molecule has 0 heterocycles. The van der Waals surface area contributed by atoms with Crippen LogP contribution in [0.5, 0.6) is 0 Å². The number of nitrogens with two attached hydrogens (primary N) is 1. The lowest BCUT2D eigenvalue weighted by Crippen LogP contribution is -2.35. The molecule has 1 rings (SSSR count). The molecule has 1 aromatic rings. The predicted octanol–water partition coefficient (Wildman–Crippen LogP) is 0.830. The van der Waals surface area contributed by atoms with Crippen LogP contribution in [0.2, 0.25) is 5.02 Å². The van der Waals surface area contributed by atoms with Crippen molar-refractivity contribution in [2.24, 2.45) is 5.73 Å². The third-order valence-electron chi connectivity index (χ3n) is 2.41. The Labute approximate surface area is 131 Å². The van der Waals surface area contributed by atoms with Gasteiger partial charge in [0.1, 0.15) is 6.04 Å². The van der Waals surface area contributed by atoms with E-state index in [1.165, 1.54) is 13.2 Å². The molecule has 3 N–H and O–H groups in total. The third kappa shape index (κ3) is 5.74. The number of nitrogens with one attached hydrogen (secondary N) is 1. The van der Waals surface area contributed by atoms with E-state index in [2.05, 4.69) is 10.1 Å². The summed E-state index contributed by atoms with van der Waals surface area (Å²) >= 11 is 6.99. The zero-order valence-corrected chi connectivity index (χ0v) is 12.9. The summed E-state index contributed by atoms with van der Waals surface area (Å²) < 4.78 is 4.46. The first-order valence-electron chi connectivity index (χ1n) is 5.95. The molecule has 0 radical (unpaired) electrons. The van der Waals surface area contributed by atoms with Crippen LogP contribution in [0.4, 0.5) is 0 Å².